The Bertz CT molecular complexity index is 1430. The van der Waals surface area contributed by atoms with Crippen LogP contribution in [0.1, 0.15) is 5.56 Å². The lowest BCUT2D eigenvalue weighted by atomic mass is 10.00. The Morgan fingerprint density at radius 2 is 1.21 bits per heavy atom. The molecule has 2 aliphatic heterocycles. The molecule has 7 nitrogen and oxygen atoms in total. The molecule has 4 aromatic carbocycles. The van der Waals surface area contributed by atoms with Gasteiger partial charge in [-0.15, -0.1) is 0 Å². The molecule has 0 radical (unpaired) electrons. The summed E-state index contributed by atoms with van der Waals surface area (Å²) in [5.41, 5.74) is 12.9. The van der Waals surface area contributed by atoms with Gasteiger partial charge in [0.2, 0.25) is 11.7 Å². The maximum Gasteiger partial charge on any atom is 0.240 e. The fourth-order valence-electron chi connectivity index (χ4n) is 4.94. The SMILES string of the molecule is NC1=NC(c2ccc(-c3ccccc3)cc2)(N2CCOCC2)N=C(Nc2ccc(-c3ccccc3)cc2)N1. The lowest BCUT2D eigenvalue weighted by molar-refractivity contribution is -0.0197. The summed E-state index contributed by atoms with van der Waals surface area (Å²) in [7, 11) is 0. The van der Waals surface area contributed by atoms with Crippen LogP contribution in [-0.2, 0) is 10.5 Å². The second kappa shape index (κ2) is 10.5. The maximum absolute atomic E-state index is 6.38. The lowest BCUT2D eigenvalue weighted by Gasteiger charge is -2.42. The van der Waals surface area contributed by atoms with Crippen LogP contribution < -0.4 is 16.4 Å². The van der Waals surface area contributed by atoms with E-state index in [9.17, 15) is 0 Å². The van der Waals surface area contributed by atoms with Gasteiger partial charge in [0.05, 0.1) is 13.2 Å². The van der Waals surface area contributed by atoms with Crippen LogP contribution in [0.5, 0.6) is 0 Å². The fraction of sp³-hybridized carbons (Fsp3) is 0.161. The Kier molecular flexibility index (Phi) is 6.60. The van der Waals surface area contributed by atoms with E-state index in [-0.39, 0.29) is 0 Å². The van der Waals surface area contributed by atoms with Crippen LogP contribution in [0.2, 0.25) is 0 Å². The molecule has 0 aromatic heterocycles. The topological polar surface area (TPSA) is 87.3 Å². The monoisotopic (exact) mass is 502 g/mol. The van der Waals surface area contributed by atoms with Gasteiger partial charge in [0.15, 0.2) is 5.96 Å². The number of morpholine rings is 1. The number of anilines is 1. The largest absolute Gasteiger partial charge is 0.379 e. The number of nitrogens with two attached hydrogens (primary N) is 1. The number of ether oxygens (including phenoxy) is 1. The van der Waals surface area contributed by atoms with Crippen molar-refractivity contribution in [3.63, 3.8) is 0 Å². The Hall–Kier alpha value is -4.46. The van der Waals surface area contributed by atoms with E-state index in [4.69, 9.17) is 20.5 Å². The van der Waals surface area contributed by atoms with Crippen LogP contribution in [0.15, 0.2) is 119 Å². The Morgan fingerprint density at radius 3 is 1.79 bits per heavy atom. The molecule has 4 aromatic rings. The third-order valence-corrected chi connectivity index (χ3v) is 6.88. The first-order valence-corrected chi connectivity index (χ1v) is 12.8. The van der Waals surface area contributed by atoms with Crippen LogP contribution >= 0.6 is 0 Å². The summed E-state index contributed by atoms with van der Waals surface area (Å²) in [6, 6.07) is 37.3. The fourth-order valence-corrected chi connectivity index (χ4v) is 4.94. The summed E-state index contributed by atoms with van der Waals surface area (Å²) in [4.78, 5) is 12.2. The number of benzene rings is 4. The number of guanidine groups is 2. The highest BCUT2D eigenvalue weighted by molar-refractivity contribution is 6.06. The Morgan fingerprint density at radius 1 is 0.684 bits per heavy atom. The van der Waals surface area contributed by atoms with Crippen molar-refractivity contribution in [1.29, 1.82) is 0 Å². The van der Waals surface area contributed by atoms with Crippen molar-refractivity contribution in [3.05, 3.63) is 115 Å². The van der Waals surface area contributed by atoms with Crippen LogP contribution in [0.3, 0.4) is 0 Å². The molecule has 0 amide bonds. The first-order valence-electron chi connectivity index (χ1n) is 12.8. The van der Waals surface area contributed by atoms with Gasteiger partial charge in [-0.25, -0.2) is 9.98 Å². The zero-order valence-electron chi connectivity index (χ0n) is 21.0. The number of nitrogens with zero attached hydrogens (tertiary/aromatic N) is 3. The molecule has 2 aliphatic rings. The minimum atomic E-state index is -0.999. The lowest BCUT2D eigenvalue weighted by Crippen LogP contribution is -2.56. The summed E-state index contributed by atoms with van der Waals surface area (Å²) >= 11 is 0. The second-order valence-electron chi connectivity index (χ2n) is 9.33. The van der Waals surface area contributed by atoms with E-state index < -0.39 is 5.79 Å². The molecule has 1 saturated heterocycles. The first-order chi connectivity index (χ1) is 18.7. The van der Waals surface area contributed by atoms with E-state index in [2.05, 4.69) is 76.2 Å². The standard InChI is InChI=1S/C31H30N6O/c32-29-34-30(33-28-17-13-26(14-18-28)24-9-5-2-6-10-24)36-31(35-29,37-19-21-38-22-20-37)27-15-11-25(12-16-27)23-7-3-1-4-8-23/h1-18H,19-22H2,(H4,32,33,34,35,36). The van der Waals surface area contributed by atoms with E-state index in [0.717, 1.165) is 27.9 Å². The van der Waals surface area contributed by atoms with Crippen LogP contribution in [0.25, 0.3) is 22.3 Å². The van der Waals surface area contributed by atoms with Gasteiger partial charge in [-0.05, 0) is 34.4 Å². The molecular formula is C31H30N6O. The quantitative estimate of drug-likeness (QED) is 0.363. The van der Waals surface area contributed by atoms with Crippen molar-refractivity contribution in [2.45, 2.75) is 5.79 Å². The van der Waals surface area contributed by atoms with E-state index in [1.807, 2.05) is 48.5 Å². The van der Waals surface area contributed by atoms with Crippen molar-refractivity contribution >= 4 is 17.6 Å². The van der Waals surface area contributed by atoms with E-state index in [1.165, 1.54) is 5.56 Å². The highest BCUT2D eigenvalue weighted by atomic mass is 16.5. The van der Waals surface area contributed by atoms with Crippen molar-refractivity contribution in [3.8, 4) is 22.3 Å². The molecule has 4 N–H and O–H groups in total. The molecule has 38 heavy (non-hydrogen) atoms. The molecule has 6 rings (SSSR count). The van der Waals surface area contributed by atoms with Gasteiger partial charge in [0.1, 0.15) is 0 Å². The summed E-state index contributed by atoms with van der Waals surface area (Å²) < 4.78 is 5.64. The number of hydrogen-bond acceptors (Lipinski definition) is 7. The number of rotatable bonds is 5. The van der Waals surface area contributed by atoms with Gasteiger partial charge in [0.25, 0.3) is 0 Å². The van der Waals surface area contributed by atoms with Crippen LogP contribution in [-0.4, -0.2) is 43.1 Å². The second-order valence-corrected chi connectivity index (χ2v) is 9.33. The van der Waals surface area contributed by atoms with Gasteiger partial charge < -0.3 is 15.8 Å². The van der Waals surface area contributed by atoms with Gasteiger partial charge in [0, 0.05) is 24.3 Å². The highest BCUT2D eigenvalue weighted by Crippen LogP contribution is 2.35. The molecule has 2 heterocycles. The van der Waals surface area contributed by atoms with Crippen molar-refractivity contribution in [1.82, 2.24) is 10.2 Å². The number of aliphatic imine (C=N–C) groups is 2. The summed E-state index contributed by atoms with van der Waals surface area (Å²) in [5, 5.41) is 6.53. The maximum atomic E-state index is 6.38. The molecule has 0 aliphatic carbocycles. The Balaban J connectivity index is 1.33. The summed E-state index contributed by atoms with van der Waals surface area (Å²) in [6.45, 7) is 2.62. The third kappa shape index (κ3) is 4.89. The minimum absolute atomic E-state index is 0.307. The third-order valence-electron chi connectivity index (χ3n) is 6.88. The smallest absolute Gasteiger partial charge is 0.240 e. The van der Waals surface area contributed by atoms with Crippen LogP contribution in [0.4, 0.5) is 5.69 Å². The zero-order chi connectivity index (χ0) is 25.8. The molecule has 1 unspecified atom stereocenters. The Labute approximate surface area is 222 Å². The molecule has 1 fully saturated rings. The first kappa shape index (κ1) is 23.9. The predicted molar refractivity (Wildman–Crippen MR) is 154 cm³/mol. The van der Waals surface area contributed by atoms with Crippen LogP contribution in [0, 0.1) is 0 Å². The van der Waals surface area contributed by atoms with Gasteiger partial charge >= 0.3 is 0 Å². The predicted octanol–water partition coefficient (Wildman–Crippen LogP) is 4.85. The van der Waals surface area contributed by atoms with Crippen molar-refractivity contribution in [2.75, 3.05) is 31.6 Å². The molecule has 0 spiro atoms. The molecule has 0 saturated carbocycles. The number of nitrogens with one attached hydrogen (secondary N) is 2. The number of hydrogen-bond donors (Lipinski definition) is 3. The highest BCUT2D eigenvalue weighted by Gasteiger charge is 2.42. The van der Waals surface area contributed by atoms with Gasteiger partial charge in [-0.1, -0.05) is 97.1 Å². The minimum Gasteiger partial charge on any atom is -0.379 e. The van der Waals surface area contributed by atoms with E-state index in [0.29, 0.717) is 38.2 Å². The molecule has 1 atom stereocenters. The average molecular weight is 503 g/mol. The van der Waals surface area contributed by atoms with E-state index in [1.54, 1.807) is 0 Å². The van der Waals surface area contributed by atoms with Crippen molar-refractivity contribution < 1.29 is 4.74 Å². The molecule has 190 valence electrons. The molecular weight excluding hydrogens is 472 g/mol. The molecule has 7 heteroatoms. The van der Waals surface area contributed by atoms with E-state index >= 15 is 0 Å². The van der Waals surface area contributed by atoms with Crippen molar-refractivity contribution in [2.24, 2.45) is 15.7 Å². The molecule has 0 bridgehead atoms. The summed E-state index contributed by atoms with van der Waals surface area (Å²) in [5.74, 6) is -0.147. The normalized spacial score (nSPS) is 19.7. The zero-order valence-corrected chi connectivity index (χ0v) is 21.0. The average Bonchev–Trinajstić information content (AvgIpc) is 2.99. The summed E-state index contributed by atoms with van der Waals surface area (Å²) in [6.07, 6.45) is 0. The van der Waals surface area contributed by atoms with Gasteiger partial charge in [-0.2, -0.15) is 0 Å². The van der Waals surface area contributed by atoms with Gasteiger partial charge in [-0.3, -0.25) is 10.2 Å².